The maximum absolute atomic E-state index is 11.5. The molecule has 0 aromatic rings. The fraction of sp³-hybridized carbons (Fsp3) is 1.00. The third-order valence-corrected chi connectivity index (χ3v) is 3.59. The predicted octanol–water partition coefficient (Wildman–Crippen LogP) is 2.66. The molecule has 2 atom stereocenters. The van der Waals surface area contributed by atoms with E-state index in [1.807, 2.05) is 13.8 Å². The first kappa shape index (κ1) is 11.2. The summed E-state index contributed by atoms with van der Waals surface area (Å²) in [4.78, 5) is 0. The first-order valence-corrected chi connectivity index (χ1v) is 5.64. The van der Waals surface area contributed by atoms with Crippen LogP contribution in [-0.4, -0.2) is 19.4 Å². The van der Waals surface area contributed by atoms with Crippen molar-refractivity contribution in [3.05, 3.63) is 0 Å². The Bertz CT molecular complexity index is 139. The molecule has 0 heterocycles. The largest absolute Gasteiger partial charge is 0.330 e. The minimum atomic E-state index is -2.75. The summed E-state index contributed by atoms with van der Waals surface area (Å²) in [6.45, 7) is 5.67. The standard InChI is InChI=1S/C7H17O3P/c1-5-7(3)10-11(8,6-2)9-4/h7H,5-6H2,1-4H3. The lowest BCUT2D eigenvalue weighted by atomic mass is 10.3. The maximum Gasteiger partial charge on any atom is 0.330 e. The highest BCUT2D eigenvalue weighted by atomic mass is 31.2. The molecule has 0 amide bonds. The lowest BCUT2D eigenvalue weighted by molar-refractivity contribution is 0.172. The van der Waals surface area contributed by atoms with Crippen molar-refractivity contribution in [2.75, 3.05) is 13.3 Å². The van der Waals surface area contributed by atoms with Crippen molar-refractivity contribution in [3.63, 3.8) is 0 Å². The highest BCUT2D eigenvalue weighted by Crippen LogP contribution is 2.48. The second-order valence-corrected chi connectivity index (χ2v) is 4.86. The van der Waals surface area contributed by atoms with Crippen molar-refractivity contribution in [1.82, 2.24) is 0 Å². The van der Waals surface area contributed by atoms with Crippen LogP contribution in [0, 0.1) is 0 Å². The second kappa shape index (κ2) is 4.91. The van der Waals surface area contributed by atoms with E-state index in [0.29, 0.717) is 6.16 Å². The first-order valence-electron chi connectivity index (χ1n) is 3.91. The summed E-state index contributed by atoms with van der Waals surface area (Å²) < 4.78 is 21.5. The van der Waals surface area contributed by atoms with Crippen LogP contribution in [0.4, 0.5) is 0 Å². The van der Waals surface area contributed by atoms with Crippen LogP contribution in [0.5, 0.6) is 0 Å². The van der Waals surface area contributed by atoms with Gasteiger partial charge in [-0.15, -0.1) is 0 Å². The monoisotopic (exact) mass is 180 g/mol. The molecule has 0 rings (SSSR count). The van der Waals surface area contributed by atoms with E-state index in [1.54, 1.807) is 6.92 Å². The summed E-state index contributed by atoms with van der Waals surface area (Å²) in [7, 11) is -1.33. The zero-order chi connectivity index (χ0) is 8.91. The van der Waals surface area contributed by atoms with E-state index in [9.17, 15) is 4.57 Å². The van der Waals surface area contributed by atoms with Crippen LogP contribution in [-0.2, 0) is 13.6 Å². The van der Waals surface area contributed by atoms with Crippen LogP contribution in [0.3, 0.4) is 0 Å². The molecule has 0 N–H and O–H groups in total. The van der Waals surface area contributed by atoms with E-state index in [1.165, 1.54) is 7.11 Å². The van der Waals surface area contributed by atoms with Crippen LogP contribution in [0.2, 0.25) is 0 Å². The highest BCUT2D eigenvalue weighted by Gasteiger charge is 2.21. The summed E-state index contributed by atoms with van der Waals surface area (Å²) in [6.07, 6.45) is 1.31. The lowest BCUT2D eigenvalue weighted by Crippen LogP contribution is -2.06. The van der Waals surface area contributed by atoms with E-state index in [0.717, 1.165) is 6.42 Å². The molecular formula is C7H17O3P. The summed E-state index contributed by atoms with van der Waals surface area (Å²) in [6, 6.07) is 0. The Balaban J connectivity index is 3.97. The SMILES string of the molecule is CCC(C)OP(=O)(CC)OC. The molecule has 0 aromatic carbocycles. The molecule has 4 heteroatoms. The number of hydrogen-bond acceptors (Lipinski definition) is 3. The maximum atomic E-state index is 11.5. The van der Waals surface area contributed by atoms with Gasteiger partial charge in [0.05, 0.1) is 6.10 Å². The van der Waals surface area contributed by atoms with Gasteiger partial charge in [-0.1, -0.05) is 13.8 Å². The second-order valence-electron chi connectivity index (χ2n) is 2.43. The fourth-order valence-corrected chi connectivity index (χ4v) is 1.79. The van der Waals surface area contributed by atoms with Gasteiger partial charge in [-0.3, -0.25) is 4.57 Å². The molecule has 0 aromatic heterocycles. The predicted molar refractivity (Wildman–Crippen MR) is 46.0 cm³/mol. The van der Waals surface area contributed by atoms with Gasteiger partial charge in [0.15, 0.2) is 0 Å². The van der Waals surface area contributed by atoms with Gasteiger partial charge in [-0.2, -0.15) is 0 Å². The molecule has 0 spiro atoms. The minimum Gasteiger partial charge on any atom is -0.312 e. The lowest BCUT2D eigenvalue weighted by Gasteiger charge is -2.18. The van der Waals surface area contributed by atoms with Crippen molar-refractivity contribution in [2.45, 2.75) is 33.3 Å². The van der Waals surface area contributed by atoms with Gasteiger partial charge < -0.3 is 9.05 Å². The molecular weight excluding hydrogens is 163 g/mol. The Kier molecular flexibility index (Phi) is 4.98. The Hall–Kier alpha value is 0.150. The third kappa shape index (κ3) is 3.90. The van der Waals surface area contributed by atoms with E-state index in [2.05, 4.69) is 0 Å². The normalized spacial score (nSPS) is 19.3. The highest BCUT2D eigenvalue weighted by molar-refractivity contribution is 7.53. The molecule has 0 aliphatic heterocycles. The molecule has 0 saturated heterocycles. The molecule has 0 fully saturated rings. The molecule has 0 saturated carbocycles. The van der Waals surface area contributed by atoms with Crippen LogP contribution in [0.25, 0.3) is 0 Å². The van der Waals surface area contributed by atoms with Crippen LogP contribution >= 0.6 is 7.60 Å². The van der Waals surface area contributed by atoms with E-state index in [-0.39, 0.29) is 6.10 Å². The molecule has 0 radical (unpaired) electrons. The molecule has 2 unspecified atom stereocenters. The minimum absolute atomic E-state index is 0.0146. The van der Waals surface area contributed by atoms with Crippen molar-refractivity contribution >= 4 is 7.60 Å². The average Bonchev–Trinajstić information content (AvgIpc) is 2.04. The summed E-state index contributed by atoms with van der Waals surface area (Å²) in [5.41, 5.74) is 0. The molecule has 3 nitrogen and oxygen atoms in total. The van der Waals surface area contributed by atoms with Crippen molar-refractivity contribution in [1.29, 1.82) is 0 Å². The zero-order valence-electron chi connectivity index (χ0n) is 7.66. The average molecular weight is 180 g/mol. The molecule has 0 bridgehead atoms. The van der Waals surface area contributed by atoms with Gasteiger partial charge in [0.2, 0.25) is 0 Å². The van der Waals surface area contributed by atoms with Gasteiger partial charge in [-0.25, -0.2) is 0 Å². The Labute approximate surface area is 68.6 Å². The van der Waals surface area contributed by atoms with Gasteiger partial charge in [0.1, 0.15) is 0 Å². The first-order chi connectivity index (χ1) is 5.08. The smallest absolute Gasteiger partial charge is 0.312 e. The van der Waals surface area contributed by atoms with Crippen LogP contribution in [0.1, 0.15) is 27.2 Å². The van der Waals surface area contributed by atoms with Crippen molar-refractivity contribution < 1.29 is 13.6 Å². The number of hydrogen-bond donors (Lipinski definition) is 0. The van der Waals surface area contributed by atoms with E-state index >= 15 is 0 Å². The topological polar surface area (TPSA) is 35.5 Å². The Morgan fingerprint density at radius 2 is 2.00 bits per heavy atom. The van der Waals surface area contributed by atoms with Crippen molar-refractivity contribution in [3.8, 4) is 0 Å². The number of rotatable bonds is 5. The molecule has 0 aliphatic carbocycles. The molecule has 11 heavy (non-hydrogen) atoms. The third-order valence-electron chi connectivity index (χ3n) is 1.58. The van der Waals surface area contributed by atoms with Crippen LogP contribution < -0.4 is 0 Å². The quantitative estimate of drug-likeness (QED) is 0.610. The van der Waals surface area contributed by atoms with Crippen molar-refractivity contribution in [2.24, 2.45) is 0 Å². The molecule has 68 valence electrons. The van der Waals surface area contributed by atoms with Gasteiger partial charge in [0.25, 0.3) is 0 Å². The van der Waals surface area contributed by atoms with Gasteiger partial charge in [-0.05, 0) is 13.3 Å². The van der Waals surface area contributed by atoms with E-state index in [4.69, 9.17) is 9.05 Å². The fourth-order valence-electron chi connectivity index (χ4n) is 0.595. The van der Waals surface area contributed by atoms with E-state index < -0.39 is 7.60 Å². The summed E-state index contributed by atoms with van der Waals surface area (Å²) >= 11 is 0. The molecule has 0 aliphatic rings. The summed E-state index contributed by atoms with van der Waals surface area (Å²) in [5, 5.41) is 0. The van der Waals surface area contributed by atoms with Gasteiger partial charge in [0, 0.05) is 13.3 Å². The Morgan fingerprint density at radius 1 is 1.45 bits per heavy atom. The van der Waals surface area contributed by atoms with Gasteiger partial charge >= 0.3 is 7.60 Å². The zero-order valence-corrected chi connectivity index (χ0v) is 8.56. The summed E-state index contributed by atoms with van der Waals surface area (Å²) in [5.74, 6) is 0. The van der Waals surface area contributed by atoms with Crippen LogP contribution in [0.15, 0.2) is 0 Å². The Morgan fingerprint density at radius 3 is 2.27 bits per heavy atom.